The van der Waals surface area contributed by atoms with Gasteiger partial charge in [0.15, 0.2) is 0 Å². The molecule has 0 aliphatic carbocycles. The first kappa shape index (κ1) is 13.8. The van der Waals surface area contributed by atoms with E-state index in [0.29, 0.717) is 10.0 Å². The Morgan fingerprint density at radius 1 is 1.25 bits per heavy atom. The normalized spacial score (nSPS) is 13.1. The highest BCUT2D eigenvalue weighted by Gasteiger charge is 2.14. The Bertz CT molecular complexity index is 342. The van der Waals surface area contributed by atoms with Crippen LogP contribution < -0.4 is 5.32 Å². The molecule has 0 aromatic heterocycles. The van der Waals surface area contributed by atoms with Crippen LogP contribution in [0.15, 0.2) is 18.2 Å². The standard InChI is InChI=1S/C12H17Cl2NO/c1-8(2)16-12(7-15-3)9-4-5-10(13)11(14)6-9/h4-6,8,12,15H,7H2,1-3H3. The van der Waals surface area contributed by atoms with Crippen LogP contribution in [0.5, 0.6) is 0 Å². The third-order valence-electron chi connectivity index (χ3n) is 2.14. The molecule has 1 unspecified atom stereocenters. The van der Waals surface area contributed by atoms with Crippen LogP contribution in [0.25, 0.3) is 0 Å². The van der Waals surface area contributed by atoms with Crippen LogP contribution in [0, 0.1) is 0 Å². The predicted molar refractivity (Wildman–Crippen MR) is 69.4 cm³/mol. The van der Waals surface area contributed by atoms with Crippen molar-refractivity contribution in [1.82, 2.24) is 5.32 Å². The Kier molecular flexibility index (Phi) is 5.56. The van der Waals surface area contributed by atoms with Crippen LogP contribution in [0.3, 0.4) is 0 Å². The zero-order chi connectivity index (χ0) is 12.1. The van der Waals surface area contributed by atoms with E-state index >= 15 is 0 Å². The average Bonchev–Trinajstić information content (AvgIpc) is 2.21. The van der Waals surface area contributed by atoms with E-state index in [4.69, 9.17) is 27.9 Å². The fraction of sp³-hybridized carbons (Fsp3) is 0.500. The highest BCUT2D eigenvalue weighted by atomic mass is 35.5. The lowest BCUT2D eigenvalue weighted by molar-refractivity contribution is 0.00815. The maximum Gasteiger partial charge on any atom is 0.0953 e. The Morgan fingerprint density at radius 2 is 1.94 bits per heavy atom. The first-order chi connectivity index (χ1) is 7.54. The van der Waals surface area contributed by atoms with Crippen LogP contribution in [0.4, 0.5) is 0 Å². The summed E-state index contributed by atoms with van der Waals surface area (Å²) in [7, 11) is 1.90. The Balaban J connectivity index is 2.87. The lowest BCUT2D eigenvalue weighted by Gasteiger charge is -2.21. The van der Waals surface area contributed by atoms with Crippen LogP contribution in [0.2, 0.25) is 10.0 Å². The van der Waals surface area contributed by atoms with Gasteiger partial charge in [-0.05, 0) is 38.6 Å². The Morgan fingerprint density at radius 3 is 2.44 bits per heavy atom. The Labute approximate surface area is 107 Å². The van der Waals surface area contributed by atoms with E-state index in [-0.39, 0.29) is 12.2 Å². The highest BCUT2D eigenvalue weighted by Crippen LogP contribution is 2.27. The maximum absolute atomic E-state index is 5.99. The van der Waals surface area contributed by atoms with Crippen molar-refractivity contribution in [2.75, 3.05) is 13.6 Å². The van der Waals surface area contributed by atoms with Crippen molar-refractivity contribution in [1.29, 1.82) is 0 Å². The van der Waals surface area contributed by atoms with Gasteiger partial charge in [-0.2, -0.15) is 0 Å². The van der Waals surface area contributed by atoms with Gasteiger partial charge in [0.05, 0.1) is 22.3 Å². The summed E-state index contributed by atoms with van der Waals surface area (Å²) in [5, 5.41) is 4.24. The molecule has 1 atom stereocenters. The summed E-state index contributed by atoms with van der Waals surface area (Å²) in [6, 6.07) is 5.60. The number of halogens is 2. The number of ether oxygens (including phenoxy) is 1. The van der Waals surface area contributed by atoms with E-state index < -0.39 is 0 Å². The number of nitrogens with one attached hydrogen (secondary N) is 1. The molecule has 0 fully saturated rings. The second-order valence-electron chi connectivity index (χ2n) is 3.90. The third kappa shape index (κ3) is 3.95. The minimum Gasteiger partial charge on any atom is -0.370 e. The topological polar surface area (TPSA) is 21.3 Å². The van der Waals surface area contributed by atoms with Crippen LogP contribution in [-0.2, 0) is 4.74 Å². The van der Waals surface area contributed by atoms with Gasteiger partial charge in [-0.25, -0.2) is 0 Å². The lowest BCUT2D eigenvalue weighted by Crippen LogP contribution is -2.22. The maximum atomic E-state index is 5.99. The van der Waals surface area contributed by atoms with Gasteiger partial charge >= 0.3 is 0 Å². The van der Waals surface area contributed by atoms with E-state index in [9.17, 15) is 0 Å². The van der Waals surface area contributed by atoms with Crippen molar-refractivity contribution in [2.45, 2.75) is 26.1 Å². The van der Waals surface area contributed by atoms with Gasteiger partial charge in [0.2, 0.25) is 0 Å². The fourth-order valence-electron chi connectivity index (χ4n) is 1.47. The van der Waals surface area contributed by atoms with Gasteiger partial charge in [0.1, 0.15) is 0 Å². The summed E-state index contributed by atoms with van der Waals surface area (Å²) in [6.45, 7) is 4.77. The molecule has 0 heterocycles. The average molecular weight is 262 g/mol. The molecule has 1 aromatic carbocycles. The molecule has 90 valence electrons. The molecule has 0 saturated heterocycles. The number of benzene rings is 1. The second-order valence-corrected chi connectivity index (χ2v) is 4.72. The SMILES string of the molecule is CNCC(OC(C)C)c1ccc(Cl)c(Cl)c1. The number of rotatable bonds is 5. The van der Waals surface area contributed by atoms with Crippen molar-refractivity contribution in [3.05, 3.63) is 33.8 Å². The van der Waals surface area contributed by atoms with E-state index in [1.807, 2.05) is 33.0 Å². The molecular weight excluding hydrogens is 245 g/mol. The third-order valence-corrected chi connectivity index (χ3v) is 2.88. The zero-order valence-electron chi connectivity index (χ0n) is 9.76. The first-order valence-electron chi connectivity index (χ1n) is 5.29. The summed E-state index contributed by atoms with van der Waals surface area (Å²) >= 11 is 11.9. The molecule has 0 aliphatic heterocycles. The molecule has 0 radical (unpaired) electrons. The van der Waals surface area contributed by atoms with Gasteiger partial charge in [0.25, 0.3) is 0 Å². The van der Waals surface area contributed by atoms with E-state index in [1.165, 1.54) is 0 Å². The van der Waals surface area contributed by atoms with Crippen molar-refractivity contribution < 1.29 is 4.74 Å². The monoisotopic (exact) mass is 261 g/mol. The summed E-state index contributed by atoms with van der Waals surface area (Å²) in [4.78, 5) is 0. The highest BCUT2D eigenvalue weighted by molar-refractivity contribution is 6.42. The van der Waals surface area contributed by atoms with Crippen LogP contribution in [0.1, 0.15) is 25.5 Å². The van der Waals surface area contributed by atoms with Crippen molar-refractivity contribution in [3.8, 4) is 0 Å². The lowest BCUT2D eigenvalue weighted by atomic mass is 10.1. The molecule has 2 nitrogen and oxygen atoms in total. The number of likely N-dealkylation sites (N-methyl/N-ethyl adjacent to an activating group) is 1. The summed E-state index contributed by atoms with van der Waals surface area (Å²) < 4.78 is 5.81. The van der Waals surface area contributed by atoms with E-state index in [1.54, 1.807) is 6.07 Å². The molecule has 0 amide bonds. The minimum atomic E-state index is -0.000216. The molecule has 0 aliphatic rings. The molecule has 4 heteroatoms. The van der Waals surface area contributed by atoms with Crippen molar-refractivity contribution >= 4 is 23.2 Å². The molecule has 0 spiro atoms. The van der Waals surface area contributed by atoms with Crippen LogP contribution >= 0.6 is 23.2 Å². The van der Waals surface area contributed by atoms with Crippen LogP contribution in [-0.4, -0.2) is 19.7 Å². The smallest absolute Gasteiger partial charge is 0.0953 e. The summed E-state index contributed by atoms with van der Waals surface area (Å²) in [6.07, 6.45) is 0.174. The largest absolute Gasteiger partial charge is 0.370 e. The summed E-state index contributed by atoms with van der Waals surface area (Å²) in [5.74, 6) is 0. The minimum absolute atomic E-state index is 0.000216. The van der Waals surface area contributed by atoms with Gasteiger partial charge in [0, 0.05) is 6.54 Å². The van der Waals surface area contributed by atoms with Crippen molar-refractivity contribution in [2.24, 2.45) is 0 Å². The first-order valence-corrected chi connectivity index (χ1v) is 6.05. The molecule has 1 N–H and O–H groups in total. The molecule has 0 bridgehead atoms. The molecule has 1 rings (SSSR count). The van der Waals surface area contributed by atoms with E-state index in [0.717, 1.165) is 12.1 Å². The number of hydrogen-bond acceptors (Lipinski definition) is 2. The van der Waals surface area contributed by atoms with Gasteiger partial charge < -0.3 is 10.1 Å². The Hall–Kier alpha value is -0.280. The number of hydrogen-bond donors (Lipinski definition) is 1. The predicted octanol–water partition coefficient (Wildman–Crippen LogP) is 3.68. The fourth-order valence-corrected chi connectivity index (χ4v) is 1.78. The quantitative estimate of drug-likeness (QED) is 0.874. The molecule has 16 heavy (non-hydrogen) atoms. The van der Waals surface area contributed by atoms with E-state index in [2.05, 4.69) is 5.32 Å². The van der Waals surface area contributed by atoms with Crippen molar-refractivity contribution in [3.63, 3.8) is 0 Å². The molecule has 0 saturated carbocycles. The van der Waals surface area contributed by atoms with Gasteiger partial charge in [-0.3, -0.25) is 0 Å². The molecular formula is C12H17Cl2NO. The van der Waals surface area contributed by atoms with Gasteiger partial charge in [-0.1, -0.05) is 29.3 Å². The summed E-state index contributed by atoms with van der Waals surface area (Å²) in [5.41, 5.74) is 1.04. The zero-order valence-corrected chi connectivity index (χ0v) is 11.3. The second kappa shape index (κ2) is 6.45. The molecule has 1 aromatic rings. The van der Waals surface area contributed by atoms with Gasteiger partial charge in [-0.15, -0.1) is 0 Å².